The van der Waals surface area contributed by atoms with E-state index >= 15 is 0 Å². The minimum absolute atomic E-state index is 0.0825. The van der Waals surface area contributed by atoms with Crippen molar-refractivity contribution in [3.63, 3.8) is 0 Å². The zero-order valence-corrected chi connectivity index (χ0v) is 13.0. The molecule has 1 fully saturated rings. The number of aromatic nitrogens is 2. The first-order valence-corrected chi connectivity index (χ1v) is 7.85. The number of likely N-dealkylation sites (tertiary alicyclic amines) is 1. The van der Waals surface area contributed by atoms with Crippen molar-refractivity contribution in [2.24, 2.45) is 11.7 Å². The molecular weight excluding hydrogens is 300 g/mol. The third-order valence-corrected chi connectivity index (χ3v) is 4.92. The van der Waals surface area contributed by atoms with Gasteiger partial charge in [0.05, 0.1) is 17.3 Å². The number of aryl methyl sites for hydroxylation is 1. The Morgan fingerprint density at radius 2 is 2.23 bits per heavy atom. The summed E-state index contributed by atoms with van der Waals surface area (Å²) in [5.41, 5.74) is 6.76. The molecule has 114 valence electrons. The van der Waals surface area contributed by atoms with E-state index in [4.69, 9.17) is 5.73 Å². The summed E-state index contributed by atoms with van der Waals surface area (Å²) in [6, 6.07) is 5.59. The SMILES string of the molecule is Cc1nc(-c2ccccn2)sc1C(=O)N1CCC(C(N)=O)C1. The van der Waals surface area contributed by atoms with E-state index in [1.165, 1.54) is 11.3 Å². The first-order chi connectivity index (χ1) is 10.6. The van der Waals surface area contributed by atoms with E-state index in [9.17, 15) is 9.59 Å². The largest absolute Gasteiger partial charge is 0.369 e. The predicted octanol–water partition coefficient (Wildman–Crippen LogP) is 1.46. The standard InChI is InChI=1S/C15H16N4O2S/c1-9-12(15(21)19-7-5-10(8-19)13(16)20)22-14(18-9)11-4-2-3-6-17-11/h2-4,6,10H,5,7-8H2,1H3,(H2,16,20). The van der Waals surface area contributed by atoms with Crippen LogP contribution in [0.5, 0.6) is 0 Å². The summed E-state index contributed by atoms with van der Waals surface area (Å²) in [7, 11) is 0. The topological polar surface area (TPSA) is 89.2 Å². The minimum atomic E-state index is -0.342. The monoisotopic (exact) mass is 316 g/mol. The van der Waals surface area contributed by atoms with Crippen LogP contribution in [-0.4, -0.2) is 39.8 Å². The smallest absolute Gasteiger partial charge is 0.265 e. The van der Waals surface area contributed by atoms with Crippen LogP contribution in [0.15, 0.2) is 24.4 Å². The van der Waals surface area contributed by atoms with E-state index in [-0.39, 0.29) is 17.7 Å². The lowest BCUT2D eigenvalue weighted by molar-refractivity contribution is -0.121. The molecule has 3 heterocycles. The molecule has 0 spiro atoms. The number of hydrogen-bond donors (Lipinski definition) is 1. The number of rotatable bonds is 3. The van der Waals surface area contributed by atoms with Crippen molar-refractivity contribution < 1.29 is 9.59 Å². The molecule has 0 radical (unpaired) electrons. The highest BCUT2D eigenvalue weighted by Gasteiger charge is 2.31. The fraction of sp³-hybridized carbons (Fsp3) is 0.333. The van der Waals surface area contributed by atoms with Crippen LogP contribution in [0.4, 0.5) is 0 Å². The molecule has 1 atom stereocenters. The highest BCUT2D eigenvalue weighted by atomic mass is 32.1. The van der Waals surface area contributed by atoms with Gasteiger partial charge in [0.25, 0.3) is 5.91 Å². The molecule has 2 N–H and O–H groups in total. The van der Waals surface area contributed by atoms with E-state index < -0.39 is 0 Å². The average Bonchev–Trinajstić information content (AvgIpc) is 3.14. The zero-order valence-electron chi connectivity index (χ0n) is 12.2. The van der Waals surface area contributed by atoms with Crippen LogP contribution >= 0.6 is 11.3 Å². The van der Waals surface area contributed by atoms with E-state index in [0.29, 0.717) is 30.1 Å². The van der Waals surface area contributed by atoms with Gasteiger partial charge in [-0.3, -0.25) is 14.6 Å². The Balaban J connectivity index is 1.82. The summed E-state index contributed by atoms with van der Waals surface area (Å²) in [6.45, 7) is 2.77. The Hall–Kier alpha value is -2.28. The van der Waals surface area contributed by atoms with Crippen molar-refractivity contribution in [1.82, 2.24) is 14.9 Å². The van der Waals surface area contributed by atoms with Crippen LogP contribution in [0.2, 0.25) is 0 Å². The summed E-state index contributed by atoms with van der Waals surface area (Å²) in [5, 5.41) is 0.729. The predicted molar refractivity (Wildman–Crippen MR) is 83.3 cm³/mol. The number of hydrogen-bond acceptors (Lipinski definition) is 5. The third kappa shape index (κ3) is 2.71. The van der Waals surface area contributed by atoms with Crippen molar-refractivity contribution in [3.05, 3.63) is 35.0 Å². The Labute approximate surface area is 132 Å². The van der Waals surface area contributed by atoms with Crippen LogP contribution in [0.1, 0.15) is 21.8 Å². The van der Waals surface area contributed by atoms with Gasteiger partial charge < -0.3 is 10.6 Å². The van der Waals surface area contributed by atoms with E-state index in [1.54, 1.807) is 11.1 Å². The summed E-state index contributed by atoms with van der Waals surface area (Å²) in [5.74, 6) is -0.668. The number of nitrogens with zero attached hydrogens (tertiary/aromatic N) is 3. The molecule has 7 heteroatoms. The lowest BCUT2D eigenvalue weighted by atomic mass is 10.1. The van der Waals surface area contributed by atoms with Crippen LogP contribution in [-0.2, 0) is 4.79 Å². The van der Waals surface area contributed by atoms with Crippen LogP contribution in [0, 0.1) is 12.8 Å². The van der Waals surface area contributed by atoms with Crippen LogP contribution in [0.25, 0.3) is 10.7 Å². The molecule has 1 aliphatic heterocycles. The Morgan fingerprint density at radius 3 is 2.86 bits per heavy atom. The molecule has 3 rings (SSSR count). The van der Waals surface area contributed by atoms with Gasteiger partial charge in [-0.05, 0) is 25.5 Å². The molecule has 1 aliphatic rings. The third-order valence-electron chi connectivity index (χ3n) is 3.75. The van der Waals surface area contributed by atoms with Crippen LogP contribution < -0.4 is 5.73 Å². The molecule has 1 unspecified atom stereocenters. The Bertz CT molecular complexity index is 714. The second-order valence-electron chi connectivity index (χ2n) is 5.29. The van der Waals surface area contributed by atoms with Crippen molar-refractivity contribution in [3.8, 4) is 10.7 Å². The van der Waals surface area contributed by atoms with Crippen molar-refractivity contribution in [2.45, 2.75) is 13.3 Å². The number of pyridine rings is 1. The van der Waals surface area contributed by atoms with Crippen LogP contribution in [0.3, 0.4) is 0 Å². The number of primary amides is 1. The van der Waals surface area contributed by atoms with E-state index in [1.807, 2.05) is 25.1 Å². The number of amides is 2. The molecule has 1 saturated heterocycles. The molecule has 0 saturated carbocycles. The van der Waals surface area contributed by atoms with Gasteiger partial charge in [0.15, 0.2) is 0 Å². The van der Waals surface area contributed by atoms with Crippen molar-refractivity contribution >= 4 is 23.2 Å². The second-order valence-corrected chi connectivity index (χ2v) is 6.29. The number of carbonyl (C=O) groups is 2. The van der Waals surface area contributed by atoms with Gasteiger partial charge >= 0.3 is 0 Å². The summed E-state index contributed by atoms with van der Waals surface area (Å²) < 4.78 is 0. The van der Waals surface area contributed by atoms with Crippen molar-refractivity contribution in [1.29, 1.82) is 0 Å². The van der Waals surface area contributed by atoms with Gasteiger partial charge in [0, 0.05) is 19.3 Å². The lowest BCUT2D eigenvalue weighted by Crippen LogP contribution is -2.31. The molecule has 2 amide bonds. The maximum Gasteiger partial charge on any atom is 0.265 e. The zero-order chi connectivity index (χ0) is 15.7. The van der Waals surface area contributed by atoms with Gasteiger partial charge in [0.1, 0.15) is 9.88 Å². The van der Waals surface area contributed by atoms with E-state index in [0.717, 1.165) is 10.7 Å². The van der Waals surface area contributed by atoms with Gasteiger partial charge in [-0.1, -0.05) is 6.07 Å². The van der Waals surface area contributed by atoms with E-state index in [2.05, 4.69) is 9.97 Å². The lowest BCUT2D eigenvalue weighted by Gasteiger charge is -2.14. The maximum absolute atomic E-state index is 12.6. The van der Waals surface area contributed by atoms with Gasteiger partial charge in [-0.2, -0.15) is 0 Å². The quantitative estimate of drug-likeness (QED) is 0.928. The molecule has 22 heavy (non-hydrogen) atoms. The highest BCUT2D eigenvalue weighted by Crippen LogP contribution is 2.29. The second kappa shape index (κ2) is 5.84. The number of nitrogens with two attached hydrogens (primary N) is 1. The summed E-state index contributed by atoms with van der Waals surface area (Å²) >= 11 is 1.34. The summed E-state index contributed by atoms with van der Waals surface area (Å²) in [6.07, 6.45) is 2.33. The molecular formula is C15H16N4O2S. The van der Waals surface area contributed by atoms with Crippen molar-refractivity contribution in [2.75, 3.05) is 13.1 Å². The molecule has 0 aliphatic carbocycles. The minimum Gasteiger partial charge on any atom is -0.369 e. The molecule has 6 nitrogen and oxygen atoms in total. The Kier molecular flexibility index (Phi) is 3.89. The Morgan fingerprint density at radius 1 is 1.41 bits per heavy atom. The molecule has 2 aromatic rings. The normalized spacial score (nSPS) is 17.7. The number of carbonyl (C=O) groups excluding carboxylic acids is 2. The summed E-state index contributed by atoms with van der Waals surface area (Å²) in [4.78, 5) is 34.8. The van der Waals surface area contributed by atoms with Gasteiger partial charge in [0.2, 0.25) is 5.91 Å². The highest BCUT2D eigenvalue weighted by molar-refractivity contribution is 7.17. The fourth-order valence-corrected chi connectivity index (χ4v) is 3.53. The molecule has 0 aromatic carbocycles. The first kappa shape index (κ1) is 14.6. The molecule has 2 aromatic heterocycles. The average molecular weight is 316 g/mol. The maximum atomic E-state index is 12.6. The first-order valence-electron chi connectivity index (χ1n) is 7.03. The fourth-order valence-electron chi connectivity index (χ4n) is 2.51. The van der Waals surface area contributed by atoms with Gasteiger partial charge in [-0.25, -0.2) is 4.98 Å². The number of thiazole rings is 1. The van der Waals surface area contributed by atoms with Gasteiger partial charge in [-0.15, -0.1) is 11.3 Å². The molecule has 0 bridgehead atoms.